The highest BCUT2D eigenvalue weighted by molar-refractivity contribution is 7.19. The molecule has 0 bridgehead atoms. The Morgan fingerprint density at radius 1 is 1.37 bits per heavy atom. The van der Waals surface area contributed by atoms with E-state index in [9.17, 15) is 9.59 Å². The van der Waals surface area contributed by atoms with Crippen molar-refractivity contribution in [2.75, 3.05) is 6.61 Å². The van der Waals surface area contributed by atoms with E-state index in [0.717, 1.165) is 16.0 Å². The molecule has 0 spiro atoms. The number of aromatic amines is 1. The van der Waals surface area contributed by atoms with Crippen LogP contribution >= 0.6 is 22.9 Å². The third-order valence-corrected chi connectivity index (χ3v) is 5.86. The zero-order chi connectivity index (χ0) is 21.3. The summed E-state index contributed by atoms with van der Waals surface area (Å²) in [5.41, 5.74) is 1.98. The molecular weight excluding hydrogens is 424 g/mol. The number of carbonyl (C=O) groups excluding carboxylic acids is 1. The fraction of sp³-hybridized carbons (Fsp3) is 0.238. The fourth-order valence-corrected chi connectivity index (χ4v) is 4.55. The minimum atomic E-state index is -0.403. The maximum absolute atomic E-state index is 12.9. The van der Waals surface area contributed by atoms with Gasteiger partial charge in [0.05, 0.1) is 23.8 Å². The first-order chi connectivity index (χ1) is 14.5. The monoisotopic (exact) mass is 442 g/mol. The second-order valence-corrected chi connectivity index (χ2v) is 8.34. The van der Waals surface area contributed by atoms with E-state index in [1.807, 2.05) is 25.1 Å². The molecule has 0 unspecified atom stereocenters. The number of halogens is 1. The lowest BCUT2D eigenvalue weighted by atomic mass is 10.0. The van der Waals surface area contributed by atoms with Gasteiger partial charge in [0.2, 0.25) is 0 Å². The van der Waals surface area contributed by atoms with Crippen molar-refractivity contribution in [3.63, 3.8) is 0 Å². The van der Waals surface area contributed by atoms with E-state index < -0.39 is 5.97 Å². The van der Waals surface area contributed by atoms with Crippen LogP contribution in [0.15, 0.2) is 41.5 Å². The molecule has 3 heterocycles. The van der Waals surface area contributed by atoms with Crippen molar-refractivity contribution >= 4 is 39.1 Å². The zero-order valence-corrected chi connectivity index (χ0v) is 18.0. The molecule has 1 aromatic carbocycles. The molecule has 0 saturated heterocycles. The molecule has 0 aliphatic heterocycles. The van der Waals surface area contributed by atoms with Crippen molar-refractivity contribution in [1.29, 1.82) is 0 Å². The number of nitrogens with zero attached hydrogens (tertiary/aromatic N) is 3. The lowest BCUT2D eigenvalue weighted by molar-refractivity contribution is 0.0526. The highest BCUT2D eigenvalue weighted by Crippen LogP contribution is 2.36. The second-order valence-electron chi connectivity index (χ2n) is 6.70. The van der Waals surface area contributed by atoms with Crippen molar-refractivity contribution in [2.45, 2.75) is 26.8 Å². The van der Waals surface area contributed by atoms with Gasteiger partial charge >= 0.3 is 5.97 Å². The Bertz CT molecular complexity index is 1290. The van der Waals surface area contributed by atoms with Gasteiger partial charge in [-0.1, -0.05) is 23.7 Å². The van der Waals surface area contributed by atoms with Gasteiger partial charge in [-0.25, -0.2) is 9.78 Å². The predicted octanol–water partition coefficient (Wildman–Crippen LogP) is 4.23. The summed E-state index contributed by atoms with van der Waals surface area (Å²) >= 11 is 7.62. The molecule has 0 aliphatic rings. The predicted molar refractivity (Wildman–Crippen MR) is 117 cm³/mol. The Morgan fingerprint density at radius 3 is 2.97 bits per heavy atom. The number of aryl methyl sites for hydroxylation is 3. The number of nitrogens with one attached hydrogen (secondary N) is 1. The third kappa shape index (κ3) is 4.01. The first-order valence-corrected chi connectivity index (χ1v) is 10.6. The Hall–Kier alpha value is -2.97. The Balaban J connectivity index is 1.60. The molecule has 9 heteroatoms. The average molecular weight is 443 g/mol. The molecule has 3 aromatic heterocycles. The summed E-state index contributed by atoms with van der Waals surface area (Å²) in [5.74, 6) is 0.166. The van der Waals surface area contributed by atoms with Crippen LogP contribution in [0, 0.1) is 6.92 Å². The molecule has 30 heavy (non-hydrogen) atoms. The topological polar surface area (TPSA) is 89.9 Å². The highest BCUT2D eigenvalue weighted by Gasteiger charge is 2.17. The average Bonchev–Trinajstić information content (AvgIpc) is 3.31. The molecule has 1 N–H and O–H groups in total. The summed E-state index contributed by atoms with van der Waals surface area (Å²) in [6, 6.07) is 7.46. The van der Waals surface area contributed by atoms with Crippen LogP contribution in [0.4, 0.5) is 0 Å². The van der Waals surface area contributed by atoms with Gasteiger partial charge in [0.1, 0.15) is 10.7 Å². The summed E-state index contributed by atoms with van der Waals surface area (Å²) in [7, 11) is 0. The maximum atomic E-state index is 12.9. The van der Waals surface area contributed by atoms with Crippen LogP contribution in [-0.2, 0) is 17.7 Å². The number of rotatable bonds is 6. The van der Waals surface area contributed by atoms with Gasteiger partial charge in [0.15, 0.2) is 0 Å². The molecule has 0 saturated carbocycles. The van der Waals surface area contributed by atoms with Crippen molar-refractivity contribution in [3.8, 4) is 11.1 Å². The van der Waals surface area contributed by atoms with E-state index in [1.54, 1.807) is 23.9 Å². The normalized spacial score (nSPS) is 11.2. The fourth-order valence-electron chi connectivity index (χ4n) is 3.30. The number of esters is 1. The molecule has 0 atom stereocenters. The van der Waals surface area contributed by atoms with Gasteiger partial charge < -0.3 is 9.72 Å². The first-order valence-electron chi connectivity index (χ1n) is 9.44. The summed E-state index contributed by atoms with van der Waals surface area (Å²) in [6.45, 7) is 4.51. The van der Waals surface area contributed by atoms with E-state index in [-0.39, 0.29) is 5.56 Å². The van der Waals surface area contributed by atoms with Crippen molar-refractivity contribution < 1.29 is 9.53 Å². The zero-order valence-electron chi connectivity index (χ0n) is 16.4. The Labute approximate surface area is 181 Å². The van der Waals surface area contributed by atoms with Gasteiger partial charge in [-0.05, 0) is 31.5 Å². The maximum Gasteiger partial charge on any atom is 0.341 e. The van der Waals surface area contributed by atoms with E-state index in [2.05, 4.69) is 15.1 Å². The number of hydrogen-bond donors (Lipinski definition) is 1. The summed E-state index contributed by atoms with van der Waals surface area (Å²) in [5, 5.41) is 5.37. The van der Waals surface area contributed by atoms with E-state index in [0.29, 0.717) is 46.2 Å². The van der Waals surface area contributed by atoms with Crippen LogP contribution in [0.3, 0.4) is 0 Å². The van der Waals surface area contributed by atoms with Gasteiger partial charge in [0.25, 0.3) is 5.56 Å². The minimum absolute atomic E-state index is 0.179. The van der Waals surface area contributed by atoms with Crippen LogP contribution in [0.25, 0.3) is 21.3 Å². The van der Waals surface area contributed by atoms with Crippen molar-refractivity contribution in [1.82, 2.24) is 19.7 Å². The smallest absolute Gasteiger partial charge is 0.341 e. The molecule has 0 radical (unpaired) electrons. The second kappa shape index (κ2) is 8.41. The molecule has 4 rings (SSSR count). The number of thiophene rings is 1. The Morgan fingerprint density at radius 2 is 2.20 bits per heavy atom. The van der Waals surface area contributed by atoms with Crippen LogP contribution in [-0.4, -0.2) is 32.3 Å². The third-order valence-electron chi connectivity index (χ3n) is 4.62. The van der Waals surface area contributed by atoms with E-state index in [4.69, 9.17) is 16.3 Å². The number of benzene rings is 1. The van der Waals surface area contributed by atoms with Crippen LogP contribution < -0.4 is 5.56 Å². The SMILES string of the molecule is CCOC(=O)c1cnn(CCc2nc3sc(C)c(-c4cccc(Cl)c4)c3c(=O)[nH]2)c1. The first kappa shape index (κ1) is 20.3. The molecule has 154 valence electrons. The number of aromatic nitrogens is 4. The standard InChI is InChI=1S/C21H19ClN4O3S/c1-3-29-21(28)14-10-23-26(11-14)8-7-16-24-19(27)18-17(12(2)30-20(18)25-16)13-5-4-6-15(22)9-13/h4-6,9-11H,3,7-8H2,1-2H3,(H,24,25,27). The lowest BCUT2D eigenvalue weighted by Crippen LogP contribution is -2.13. The summed E-state index contributed by atoms with van der Waals surface area (Å²) in [6.07, 6.45) is 3.57. The van der Waals surface area contributed by atoms with E-state index >= 15 is 0 Å². The lowest BCUT2D eigenvalue weighted by Gasteiger charge is -2.04. The van der Waals surface area contributed by atoms with Gasteiger partial charge in [-0.15, -0.1) is 11.3 Å². The number of ether oxygens (including phenoxy) is 1. The van der Waals surface area contributed by atoms with E-state index in [1.165, 1.54) is 17.5 Å². The number of H-pyrrole nitrogens is 1. The van der Waals surface area contributed by atoms with Crippen LogP contribution in [0.1, 0.15) is 28.0 Å². The molecule has 0 fully saturated rings. The number of fused-ring (bicyclic) bond motifs is 1. The van der Waals surface area contributed by atoms with Crippen LogP contribution in [0.5, 0.6) is 0 Å². The summed E-state index contributed by atoms with van der Waals surface area (Å²) in [4.78, 5) is 33.8. The van der Waals surface area contributed by atoms with Crippen molar-refractivity contribution in [3.05, 3.63) is 68.3 Å². The molecule has 0 aliphatic carbocycles. The molecule has 4 aromatic rings. The van der Waals surface area contributed by atoms with Gasteiger partial charge in [-0.3, -0.25) is 9.48 Å². The summed E-state index contributed by atoms with van der Waals surface area (Å²) < 4.78 is 6.60. The number of carbonyl (C=O) groups is 1. The number of hydrogen-bond acceptors (Lipinski definition) is 6. The minimum Gasteiger partial charge on any atom is -0.462 e. The Kier molecular flexibility index (Phi) is 5.69. The molecule has 0 amide bonds. The highest BCUT2D eigenvalue weighted by atomic mass is 35.5. The van der Waals surface area contributed by atoms with Gasteiger partial charge in [0, 0.05) is 34.6 Å². The quantitative estimate of drug-likeness (QED) is 0.451. The largest absolute Gasteiger partial charge is 0.462 e. The molecule has 7 nitrogen and oxygen atoms in total. The van der Waals surface area contributed by atoms with Gasteiger partial charge in [-0.2, -0.15) is 5.10 Å². The van der Waals surface area contributed by atoms with Crippen LogP contribution in [0.2, 0.25) is 5.02 Å². The van der Waals surface area contributed by atoms with Crippen molar-refractivity contribution in [2.24, 2.45) is 0 Å². The molecular formula is C21H19ClN4O3S.